The maximum atomic E-state index is 12.9. The number of thioether (sulfide) groups is 1. The molecule has 0 saturated carbocycles. The first kappa shape index (κ1) is 21.4. The predicted molar refractivity (Wildman–Crippen MR) is 127 cm³/mol. The van der Waals surface area contributed by atoms with Gasteiger partial charge in [0.25, 0.3) is 5.91 Å². The number of primary amides is 1. The summed E-state index contributed by atoms with van der Waals surface area (Å²) in [6.45, 7) is 3.87. The second-order valence-corrected chi connectivity index (χ2v) is 9.53. The first-order chi connectivity index (χ1) is 15.0. The summed E-state index contributed by atoms with van der Waals surface area (Å²) in [5.41, 5.74) is 8.98. The third-order valence-electron chi connectivity index (χ3n) is 5.15. The molecule has 4 rings (SSSR count). The molecule has 2 aromatic carbocycles. The number of nitrogens with zero attached hydrogens (tertiary/aromatic N) is 2. The summed E-state index contributed by atoms with van der Waals surface area (Å²) < 4.78 is 0. The van der Waals surface area contributed by atoms with E-state index in [9.17, 15) is 9.59 Å². The van der Waals surface area contributed by atoms with Crippen LogP contribution in [0.15, 0.2) is 52.7 Å². The molecule has 3 aromatic rings. The third-order valence-corrected chi connectivity index (χ3v) is 7.01. The number of aromatic nitrogens is 1. The number of nitrogens with two attached hydrogens (primary N) is 1. The van der Waals surface area contributed by atoms with Crippen molar-refractivity contribution in [1.29, 1.82) is 0 Å². The summed E-state index contributed by atoms with van der Waals surface area (Å²) in [4.78, 5) is 32.3. The lowest BCUT2D eigenvalue weighted by atomic mass is 10.1. The van der Waals surface area contributed by atoms with Gasteiger partial charge in [0, 0.05) is 40.2 Å². The predicted octanol–water partition coefficient (Wildman–Crippen LogP) is 4.70. The Morgan fingerprint density at radius 2 is 1.84 bits per heavy atom. The largest absolute Gasteiger partial charge is 0.370 e. The first-order valence-corrected chi connectivity index (χ1v) is 12.0. The number of hydrogen-bond donors (Lipinski definition) is 2. The minimum Gasteiger partial charge on any atom is -0.370 e. The van der Waals surface area contributed by atoms with E-state index < -0.39 is 5.91 Å². The van der Waals surface area contributed by atoms with Gasteiger partial charge in [-0.25, -0.2) is 4.98 Å². The molecule has 31 heavy (non-hydrogen) atoms. The van der Waals surface area contributed by atoms with Crippen molar-refractivity contribution in [2.75, 3.05) is 23.3 Å². The first-order valence-electron chi connectivity index (χ1n) is 10.1. The van der Waals surface area contributed by atoms with E-state index in [1.807, 2.05) is 37.3 Å². The number of rotatable bonds is 7. The van der Waals surface area contributed by atoms with Gasteiger partial charge < -0.3 is 16.0 Å². The van der Waals surface area contributed by atoms with E-state index in [4.69, 9.17) is 5.73 Å². The van der Waals surface area contributed by atoms with Crippen molar-refractivity contribution in [1.82, 2.24) is 4.98 Å². The van der Waals surface area contributed by atoms with Gasteiger partial charge >= 0.3 is 0 Å². The lowest BCUT2D eigenvalue weighted by Gasteiger charge is -2.22. The van der Waals surface area contributed by atoms with Gasteiger partial charge in [0.15, 0.2) is 0 Å². The number of carbonyl (C=O) groups excluding carboxylic acids is 2. The molecule has 1 fully saturated rings. The summed E-state index contributed by atoms with van der Waals surface area (Å²) in [5.74, 6) is 0.0727. The molecule has 3 N–H and O–H groups in total. The SMILES string of the molecule is Cc1nc(CSc2ccc(C(=O)Nc3cc(C(N)=O)ccc3N3CCCC3)cc2)cs1. The maximum absolute atomic E-state index is 12.9. The average molecular weight is 453 g/mol. The van der Waals surface area contributed by atoms with E-state index in [-0.39, 0.29) is 5.91 Å². The number of anilines is 2. The van der Waals surface area contributed by atoms with Crippen LogP contribution in [0.4, 0.5) is 11.4 Å². The van der Waals surface area contributed by atoms with Gasteiger partial charge in [-0.15, -0.1) is 23.1 Å². The molecule has 1 aliphatic rings. The highest BCUT2D eigenvalue weighted by atomic mass is 32.2. The van der Waals surface area contributed by atoms with E-state index in [0.29, 0.717) is 16.8 Å². The summed E-state index contributed by atoms with van der Waals surface area (Å²) in [6.07, 6.45) is 2.23. The van der Waals surface area contributed by atoms with Crippen LogP contribution in [0.2, 0.25) is 0 Å². The molecule has 1 saturated heterocycles. The van der Waals surface area contributed by atoms with Gasteiger partial charge in [0.2, 0.25) is 5.91 Å². The van der Waals surface area contributed by atoms with Crippen LogP contribution in [0.3, 0.4) is 0 Å². The number of thiazole rings is 1. The zero-order chi connectivity index (χ0) is 21.8. The van der Waals surface area contributed by atoms with Crippen molar-refractivity contribution < 1.29 is 9.59 Å². The number of hydrogen-bond acceptors (Lipinski definition) is 6. The van der Waals surface area contributed by atoms with Crippen LogP contribution in [0, 0.1) is 6.92 Å². The quantitative estimate of drug-likeness (QED) is 0.508. The monoisotopic (exact) mass is 452 g/mol. The summed E-state index contributed by atoms with van der Waals surface area (Å²) in [6, 6.07) is 12.8. The van der Waals surface area contributed by atoms with Crippen LogP contribution in [-0.4, -0.2) is 29.9 Å². The molecular weight excluding hydrogens is 428 g/mol. The molecule has 0 spiro atoms. The number of amides is 2. The van der Waals surface area contributed by atoms with E-state index in [2.05, 4.69) is 20.6 Å². The zero-order valence-electron chi connectivity index (χ0n) is 17.3. The van der Waals surface area contributed by atoms with Crippen molar-refractivity contribution in [3.05, 3.63) is 69.7 Å². The molecule has 1 aromatic heterocycles. The fourth-order valence-corrected chi connectivity index (χ4v) is 5.06. The highest BCUT2D eigenvalue weighted by Gasteiger charge is 2.19. The Hall–Kier alpha value is -2.84. The molecular formula is C23H24N4O2S2. The van der Waals surface area contributed by atoms with Gasteiger partial charge in [-0.3, -0.25) is 9.59 Å². The minimum absolute atomic E-state index is 0.214. The Morgan fingerprint density at radius 3 is 2.48 bits per heavy atom. The van der Waals surface area contributed by atoms with E-state index in [0.717, 1.165) is 53.0 Å². The van der Waals surface area contributed by atoms with Crippen LogP contribution in [-0.2, 0) is 5.75 Å². The topological polar surface area (TPSA) is 88.3 Å². The Bertz CT molecular complexity index is 1090. The molecule has 2 amide bonds. The van der Waals surface area contributed by atoms with Crippen molar-refractivity contribution in [2.45, 2.75) is 30.4 Å². The molecule has 0 bridgehead atoms. The maximum Gasteiger partial charge on any atom is 0.255 e. The average Bonchev–Trinajstić information content (AvgIpc) is 3.44. The molecule has 160 valence electrons. The lowest BCUT2D eigenvalue weighted by molar-refractivity contribution is 0.0996. The van der Waals surface area contributed by atoms with Gasteiger partial charge in [0.05, 0.1) is 22.1 Å². The Balaban J connectivity index is 1.47. The van der Waals surface area contributed by atoms with Crippen LogP contribution < -0.4 is 16.0 Å². The van der Waals surface area contributed by atoms with Gasteiger partial charge in [-0.2, -0.15) is 0 Å². The van der Waals surface area contributed by atoms with Crippen LogP contribution in [0.1, 0.15) is 44.3 Å². The fourth-order valence-electron chi connectivity index (χ4n) is 3.55. The highest BCUT2D eigenvalue weighted by Crippen LogP contribution is 2.31. The number of nitrogens with one attached hydrogen (secondary N) is 1. The molecule has 0 radical (unpaired) electrons. The van der Waals surface area contributed by atoms with Crippen LogP contribution in [0.5, 0.6) is 0 Å². The van der Waals surface area contributed by atoms with E-state index in [1.165, 1.54) is 0 Å². The highest BCUT2D eigenvalue weighted by molar-refractivity contribution is 7.98. The smallest absolute Gasteiger partial charge is 0.255 e. The Kier molecular flexibility index (Phi) is 6.58. The number of carbonyl (C=O) groups is 2. The van der Waals surface area contributed by atoms with E-state index in [1.54, 1.807) is 35.2 Å². The summed E-state index contributed by atoms with van der Waals surface area (Å²) >= 11 is 3.34. The zero-order valence-corrected chi connectivity index (χ0v) is 18.9. The minimum atomic E-state index is -0.514. The van der Waals surface area contributed by atoms with Crippen molar-refractivity contribution >= 4 is 46.3 Å². The molecule has 0 unspecified atom stereocenters. The number of aryl methyl sites for hydroxylation is 1. The van der Waals surface area contributed by atoms with Gasteiger partial charge in [-0.1, -0.05) is 0 Å². The van der Waals surface area contributed by atoms with Crippen molar-refractivity contribution in [3.63, 3.8) is 0 Å². The second-order valence-electron chi connectivity index (χ2n) is 7.42. The third kappa shape index (κ3) is 5.26. The summed E-state index contributed by atoms with van der Waals surface area (Å²) in [7, 11) is 0. The molecule has 6 nitrogen and oxygen atoms in total. The second kappa shape index (κ2) is 9.53. The van der Waals surface area contributed by atoms with Crippen molar-refractivity contribution in [2.24, 2.45) is 5.73 Å². The van der Waals surface area contributed by atoms with Gasteiger partial charge in [0.1, 0.15) is 0 Å². The molecule has 2 heterocycles. The van der Waals surface area contributed by atoms with Gasteiger partial charge in [-0.05, 0) is 62.2 Å². The van der Waals surface area contributed by atoms with Crippen molar-refractivity contribution in [3.8, 4) is 0 Å². The summed E-state index contributed by atoms with van der Waals surface area (Å²) in [5, 5.41) is 6.11. The fraction of sp³-hybridized carbons (Fsp3) is 0.261. The standard InChI is InChI=1S/C23H24N4O2S2/c1-15-25-18(13-30-15)14-31-19-7-4-16(5-8-19)23(29)26-20-12-17(22(24)28)6-9-21(20)27-10-2-3-11-27/h4-9,12-13H,2-3,10-11,14H2,1H3,(H2,24,28)(H,26,29). The molecule has 0 atom stereocenters. The molecule has 1 aliphatic heterocycles. The van der Waals surface area contributed by atoms with E-state index >= 15 is 0 Å². The molecule has 0 aliphatic carbocycles. The number of benzene rings is 2. The Morgan fingerprint density at radius 1 is 1.13 bits per heavy atom. The Labute approximate surface area is 189 Å². The van der Waals surface area contributed by atoms with Crippen LogP contribution >= 0.6 is 23.1 Å². The molecule has 8 heteroatoms. The van der Waals surface area contributed by atoms with Crippen LogP contribution in [0.25, 0.3) is 0 Å². The lowest BCUT2D eigenvalue weighted by Crippen LogP contribution is -2.22. The normalized spacial score (nSPS) is 13.4.